The van der Waals surface area contributed by atoms with Gasteiger partial charge in [-0.2, -0.15) is 0 Å². The Hall–Kier alpha value is -0.0800. The van der Waals surface area contributed by atoms with Gasteiger partial charge in [-0.05, 0) is 74.5 Å². The molecular weight excluding hydrogens is 212 g/mol. The SMILES string of the molecule is CC1C2CC3(O)CC1C1CC(C)(O)CC2C1C3. The van der Waals surface area contributed by atoms with Gasteiger partial charge in [0.25, 0.3) is 0 Å². The minimum atomic E-state index is -0.435. The smallest absolute Gasteiger partial charge is 0.0656 e. The van der Waals surface area contributed by atoms with E-state index in [-0.39, 0.29) is 5.60 Å². The van der Waals surface area contributed by atoms with E-state index in [1.807, 2.05) is 6.92 Å². The normalized spacial score (nSPS) is 68.5. The summed E-state index contributed by atoms with van der Waals surface area (Å²) >= 11 is 0. The van der Waals surface area contributed by atoms with Gasteiger partial charge in [0.05, 0.1) is 11.2 Å². The summed E-state index contributed by atoms with van der Waals surface area (Å²) in [5.74, 6) is 4.24. The van der Waals surface area contributed by atoms with Crippen LogP contribution in [-0.4, -0.2) is 21.4 Å². The zero-order valence-corrected chi connectivity index (χ0v) is 10.9. The molecule has 5 aliphatic rings. The lowest BCUT2D eigenvalue weighted by atomic mass is 9.39. The van der Waals surface area contributed by atoms with Crippen molar-refractivity contribution < 1.29 is 10.2 Å². The van der Waals surface area contributed by atoms with E-state index in [2.05, 4.69) is 6.92 Å². The second-order valence-electron chi connectivity index (χ2n) is 7.92. The molecule has 2 N–H and O–H groups in total. The molecule has 0 radical (unpaired) electrons. The maximum absolute atomic E-state index is 10.6. The topological polar surface area (TPSA) is 40.5 Å². The second-order valence-corrected chi connectivity index (χ2v) is 7.92. The number of aliphatic hydroxyl groups is 2. The molecule has 5 rings (SSSR count). The Bertz CT molecular complexity index is 320. The van der Waals surface area contributed by atoms with Crippen molar-refractivity contribution in [1.29, 1.82) is 0 Å². The number of rotatable bonds is 0. The van der Waals surface area contributed by atoms with Gasteiger partial charge in [-0.15, -0.1) is 0 Å². The largest absolute Gasteiger partial charge is 0.390 e. The van der Waals surface area contributed by atoms with Crippen LogP contribution in [0.15, 0.2) is 0 Å². The van der Waals surface area contributed by atoms with Crippen LogP contribution in [0.5, 0.6) is 0 Å². The summed E-state index contributed by atoms with van der Waals surface area (Å²) in [6, 6.07) is 0. The molecule has 0 aromatic carbocycles. The van der Waals surface area contributed by atoms with Gasteiger partial charge < -0.3 is 10.2 Å². The lowest BCUT2D eigenvalue weighted by molar-refractivity contribution is -0.242. The fourth-order valence-corrected chi connectivity index (χ4v) is 6.30. The van der Waals surface area contributed by atoms with Crippen LogP contribution in [0, 0.1) is 35.5 Å². The molecule has 5 saturated carbocycles. The van der Waals surface area contributed by atoms with Gasteiger partial charge in [-0.1, -0.05) is 6.92 Å². The van der Waals surface area contributed by atoms with Gasteiger partial charge in [0.2, 0.25) is 0 Å². The maximum atomic E-state index is 10.6. The van der Waals surface area contributed by atoms with Gasteiger partial charge in [0.15, 0.2) is 0 Å². The van der Waals surface area contributed by atoms with E-state index in [9.17, 15) is 10.2 Å². The van der Waals surface area contributed by atoms with Crippen LogP contribution in [0.1, 0.15) is 46.0 Å². The highest BCUT2D eigenvalue weighted by atomic mass is 16.3. The molecule has 2 heteroatoms. The monoisotopic (exact) mass is 236 g/mol. The molecule has 6 bridgehead atoms. The van der Waals surface area contributed by atoms with Gasteiger partial charge in [-0.25, -0.2) is 0 Å². The van der Waals surface area contributed by atoms with Crippen molar-refractivity contribution in [2.45, 2.75) is 57.2 Å². The molecule has 0 spiro atoms. The predicted molar refractivity (Wildman–Crippen MR) is 65.3 cm³/mol. The minimum absolute atomic E-state index is 0.331. The third-order valence-corrected chi connectivity index (χ3v) is 6.75. The summed E-state index contributed by atoms with van der Waals surface area (Å²) in [6.07, 6.45) is 5.00. The van der Waals surface area contributed by atoms with Gasteiger partial charge in [0, 0.05) is 0 Å². The third-order valence-electron chi connectivity index (χ3n) is 6.75. The van der Waals surface area contributed by atoms with E-state index in [4.69, 9.17) is 0 Å². The maximum Gasteiger partial charge on any atom is 0.0656 e. The highest BCUT2D eigenvalue weighted by Crippen LogP contribution is 2.67. The molecule has 0 heterocycles. The quantitative estimate of drug-likeness (QED) is 0.677. The lowest BCUT2D eigenvalue weighted by Gasteiger charge is -2.68. The Labute approximate surface area is 103 Å². The van der Waals surface area contributed by atoms with Crippen LogP contribution in [0.3, 0.4) is 0 Å². The fraction of sp³-hybridized carbons (Fsp3) is 1.00. The molecule has 0 amide bonds. The summed E-state index contributed by atoms with van der Waals surface area (Å²) in [4.78, 5) is 0. The van der Waals surface area contributed by atoms with Crippen LogP contribution < -0.4 is 0 Å². The molecule has 5 fully saturated rings. The van der Waals surface area contributed by atoms with Crippen LogP contribution in [0.4, 0.5) is 0 Å². The van der Waals surface area contributed by atoms with Crippen molar-refractivity contribution in [3.8, 4) is 0 Å². The first-order chi connectivity index (χ1) is 7.89. The molecule has 0 saturated heterocycles. The third kappa shape index (κ3) is 1.29. The molecule has 5 aliphatic carbocycles. The van der Waals surface area contributed by atoms with Crippen LogP contribution in [0.25, 0.3) is 0 Å². The second kappa shape index (κ2) is 2.91. The minimum Gasteiger partial charge on any atom is -0.390 e. The number of hydrogen-bond acceptors (Lipinski definition) is 2. The van der Waals surface area contributed by atoms with Crippen LogP contribution in [-0.2, 0) is 0 Å². The molecule has 0 aliphatic heterocycles. The fourth-order valence-electron chi connectivity index (χ4n) is 6.30. The Kier molecular flexibility index (Phi) is 1.85. The van der Waals surface area contributed by atoms with E-state index in [1.165, 1.54) is 0 Å². The van der Waals surface area contributed by atoms with E-state index in [0.29, 0.717) is 29.6 Å². The molecule has 2 nitrogen and oxygen atoms in total. The highest BCUT2D eigenvalue weighted by Gasteiger charge is 2.64. The average molecular weight is 236 g/mol. The summed E-state index contributed by atoms with van der Waals surface area (Å²) < 4.78 is 0. The zero-order chi connectivity index (χ0) is 12.0. The first-order valence-electron chi connectivity index (χ1n) is 7.33. The van der Waals surface area contributed by atoms with Crippen molar-refractivity contribution in [3.63, 3.8) is 0 Å². The summed E-state index contributed by atoms with van der Waals surface area (Å²) in [7, 11) is 0. The van der Waals surface area contributed by atoms with E-state index < -0.39 is 5.60 Å². The molecule has 96 valence electrons. The predicted octanol–water partition coefficient (Wildman–Crippen LogP) is 2.19. The Balaban J connectivity index is 1.77. The van der Waals surface area contributed by atoms with Crippen LogP contribution in [0.2, 0.25) is 0 Å². The van der Waals surface area contributed by atoms with E-state index >= 15 is 0 Å². The lowest BCUT2D eigenvalue weighted by Crippen LogP contribution is -2.65. The summed E-state index contributed by atoms with van der Waals surface area (Å²) in [5.41, 5.74) is -0.766. The van der Waals surface area contributed by atoms with Gasteiger partial charge in [-0.3, -0.25) is 0 Å². The Morgan fingerprint density at radius 3 is 1.71 bits per heavy atom. The molecule has 4 unspecified atom stereocenters. The standard InChI is InChI=1S/C15H24O2/c1-8-9-5-15(17)6-10(8)12-4-14(2,16)3-11(9)13(12)7-15/h8-13,16-17H,3-7H2,1-2H3. The average Bonchev–Trinajstić information content (AvgIpc) is 2.22. The van der Waals surface area contributed by atoms with E-state index in [1.54, 1.807) is 0 Å². The summed E-state index contributed by atoms with van der Waals surface area (Å²) in [6.45, 7) is 4.43. The summed E-state index contributed by atoms with van der Waals surface area (Å²) in [5, 5.41) is 21.1. The Morgan fingerprint density at radius 2 is 1.18 bits per heavy atom. The van der Waals surface area contributed by atoms with Gasteiger partial charge in [0.1, 0.15) is 0 Å². The molecular formula is C15H24O2. The molecule has 0 aromatic heterocycles. The van der Waals surface area contributed by atoms with Crippen molar-refractivity contribution in [2.24, 2.45) is 35.5 Å². The number of hydrogen-bond donors (Lipinski definition) is 2. The Morgan fingerprint density at radius 1 is 0.765 bits per heavy atom. The molecule has 4 atom stereocenters. The van der Waals surface area contributed by atoms with Crippen molar-refractivity contribution in [1.82, 2.24) is 0 Å². The molecule has 0 aromatic rings. The van der Waals surface area contributed by atoms with Crippen molar-refractivity contribution >= 4 is 0 Å². The van der Waals surface area contributed by atoms with Crippen LogP contribution >= 0.6 is 0 Å². The van der Waals surface area contributed by atoms with Crippen molar-refractivity contribution in [3.05, 3.63) is 0 Å². The van der Waals surface area contributed by atoms with E-state index in [0.717, 1.165) is 38.0 Å². The first-order valence-corrected chi connectivity index (χ1v) is 7.33. The highest BCUT2D eigenvalue weighted by molar-refractivity contribution is 5.14. The molecule has 17 heavy (non-hydrogen) atoms. The zero-order valence-electron chi connectivity index (χ0n) is 10.9. The first kappa shape index (κ1) is 10.8. The van der Waals surface area contributed by atoms with Crippen molar-refractivity contribution in [2.75, 3.05) is 0 Å². The van der Waals surface area contributed by atoms with Gasteiger partial charge >= 0.3 is 0 Å².